The first-order valence-corrected chi connectivity index (χ1v) is 10.2. The number of hydrogen-bond donors (Lipinski definition) is 1. The fourth-order valence-electron chi connectivity index (χ4n) is 4.17. The standard InChI is InChI=1S/C23H26N2O3/c1-2-3-4-14-21(27)25-18-11-6-5-9-16(18)24-17-10-7-12-19(26)22(17)23(25)20-13-8-15-28-20/h5-6,8-9,11,13,15,23-24H,2-4,7,10,12,14H2,1H3/t23-/m1/s1. The Labute approximate surface area is 165 Å². The lowest BCUT2D eigenvalue weighted by molar-refractivity contribution is -0.119. The number of ketones is 1. The molecule has 5 nitrogen and oxygen atoms in total. The molecule has 1 N–H and O–H groups in total. The van der Waals surface area contributed by atoms with E-state index in [0.717, 1.165) is 49.2 Å². The summed E-state index contributed by atoms with van der Waals surface area (Å²) in [4.78, 5) is 28.2. The van der Waals surface area contributed by atoms with Crippen LogP contribution in [0, 0.1) is 0 Å². The maximum Gasteiger partial charge on any atom is 0.228 e. The number of carbonyl (C=O) groups excluding carboxylic acids is 2. The van der Waals surface area contributed by atoms with Crippen LogP contribution >= 0.6 is 0 Å². The van der Waals surface area contributed by atoms with E-state index in [2.05, 4.69) is 12.2 Å². The summed E-state index contributed by atoms with van der Waals surface area (Å²) in [5, 5.41) is 3.46. The highest BCUT2D eigenvalue weighted by atomic mass is 16.3. The lowest BCUT2D eigenvalue weighted by Gasteiger charge is -2.32. The fraction of sp³-hybridized carbons (Fsp3) is 0.391. The Kier molecular flexibility index (Phi) is 5.33. The third-order valence-electron chi connectivity index (χ3n) is 5.51. The molecule has 1 aromatic carbocycles. The van der Waals surface area contributed by atoms with Crippen LogP contribution in [0.25, 0.3) is 0 Å². The maximum absolute atomic E-state index is 13.4. The quantitative estimate of drug-likeness (QED) is 0.711. The number of rotatable bonds is 5. The van der Waals surface area contributed by atoms with Gasteiger partial charge in [-0.15, -0.1) is 0 Å². The van der Waals surface area contributed by atoms with E-state index in [-0.39, 0.29) is 11.7 Å². The fourth-order valence-corrected chi connectivity index (χ4v) is 4.17. The van der Waals surface area contributed by atoms with Gasteiger partial charge in [-0.2, -0.15) is 0 Å². The molecule has 1 aliphatic heterocycles. The summed E-state index contributed by atoms with van der Waals surface area (Å²) in [5.41, 5.74) is 3.24. The summed E-state index contributed by atoms with van der Waals surface area (Å²) in [6.07, 6.45) is 7.09. The molecule has 0 saturated carbocycles. The van der Waals surface area contributed by atoms with Gasteiger partial charge < -0.3 is 9.73 Å². The van der Waals surface area contributed by atoms with Crippen LogP contribution in [0.2, 0.25) is 0 Å². The van der Waals surface area contributed by atoms with Gasteiger partial charge in [-0.05, 0) is 43.5 Å². The normalized spacial score (nSPS) is 19.0. The molecule has 0 unspecified atom stereocenters. The van der Waals surface area contributed by atoms with E-state index in [0.29, 0.717) is 24.2 Å². The molecule has 1 aliphatic carbocycles. The minimum Gasteiger partial charge on any atom is -0.467 e. The molecular weight excluding hydrogens is 352 g/mol. The monoisotopic (exact) mass is 378 g/mol. The number of nitrogens with zero attached hydrogens (tertiary/aromatic N) is 1. The number of benzene rings is 1. The van der Waals surface area contributed by atoms with Crippen LogP contribution in [0.1, 0.15) is 63.7 Å². The molecule has 0 spiro atoms. The second-order valence-electron chi connectivity index (χ2n) is 7.45. The van der Waals surface area contributed by atoms with Crippen LogP contribution < -0.4 is 10.2 Å². The molecule has 2 heterocycles. The predicted octanol–water partition coefficient (Wildman–Crippen LogP) is 5.37. The summed E-state index contributed by atoms with van der Waals surface area (Å²) in [5.74, 6) is 0.746. The number of allylic oxidation sites excluding steroid dienone is 1. The van der Waals surface area contributed by atoms with Gasteiger partial charge in [-0.1, -0.05) is 31.9 Å². The van der Waals surface area contributed by atoms with Crippen molar-refractivity contribution in [3.05, 3.63) is 59.7 Å². The molecule has 4 rings (SSSR count). The van der Waals surface area contributed by atoms with Crippen LogP contribution in [0.4, 0.5) is 11.4 Å². The molecule has 2 aromatic rings. The zero-order chi connectivity index (χ0) is 19.5. The minimum absolute atomic E-state index is 0.0243. The van der Waals surface area contributed by atoms with E-state index in [1.807, 2.05) is 36.4 Å². The molecular formula is C23H26N2O3. The third-order valence-corrected chi connectivity index (χ3v) is 5.51. The van der Waals surface area contributed by atoms with Gasteiger partial charge in [0.1, 0.15) is 11.8 Å². The molecule has 146 valence electrons. The smallest absolute Gasteiger partial charge is 0.228 e. The van der Waals surface area contributed by atoms with Crippen molar-refractivity contribution in [1.29, 1.82) is 0 Å². The Morgan fingerprint density at radius 2 is 2.04 bits per heavy atom. The van der Waals surface area contributed by atoms with Crippen LogP contribution in [0.5, 0.6) is 0 Å². The van der Waals surface area contributed by atoms with Crippen molar-refractivity contribution in [2.75, 3.05) is 10.2 Å². The zero-order valence-corrected chi connectivity index (χ0v) is 16.2. The molecule has 2 aliphatic rings. The zero-order valence-electron chi connectivity index (χ0n) is 16.2. The Bertz CT molecular complexity index is 898. The first kappa shape index (κ1) is 18.5. The molecule has 1 amide bonds. The van der Waals surface area contributed by atoms with Crippen LogP contribution in [0.3, 0.4) is 0 Å². The van der Waals surface area contributed by atoms with Gasteiger partial charge in [0.25, 0.3) is 0 Å². The Morgan fingerprint density at radius 3 is 2.82 bits per heavy atom. The van der Waals surface area contributed by atoms with Crippen LogP contribution in [-0.4, -0.2) is 11.7 Å². The van der Waals surface area contributed by atoms with Gasteiger partial charge in [0.15, 0.2) is 5.78 Å². The SMILES string of the molecule is CCCCCC(=O)N1c2ccccc2NC2=C(C(=O)CCC2)[C@H]1c1ccco1. The van der Waals surface area contributed by atoms with Crippen molar-refractivity contribution in [2.45, 2.75) is 57.9 Å². The number of furan rings is 1. The van der Waals surface area contributed by atoms with Crippen LogP contribution in [-0.2, 0) is 9.59 Å². The molecule has 0 saturated heterocycles. The molecule has 0 radical (unpaired) electrons. The van der Waals surface area contributed by atoms with Crippen molar-refractivity contribution in [2.24, 2.45) is 0 Å². The van der Waals surface area contributed by atoms with E-state index in [1.54, 1.807) is 11.2 Å². The summed E-state index contributed by atoms with van der Waals surface area (Å²) >= 11 is 0. The average Bonchev–Trinajstić information content (AvgIpc) is 3.17. The number of amides is 1. The first-order chi connectivity index (χ1) is 13.7. The number of carbonyl (C=O) groups is 2. The summed E-state index contributed by atoms with van der Waals surface area (Å²) < 4.78 is 5.74. The van der Waals surface area contributed by atoms with Gasteiger partial charge in [0.2, 0.25) is 5.91 Å². The molecule has 0 fully saturated rings. The highest BCUT2D eigenvalue weighted by molar-refractivity contribution is 6.05. The molecule has 5 heteroatoms. The van der Waals surface area contributed by atoms with Gasteiger partial charge in [-0.3, -0.25) is 14.5 Å². The lowest BCUT2D eigenvalue weighted by Crippen LogP contribution is -2.37. The van der Waals surface area contributed by atoms with Gasteiger partial charge >= 0.3 is 0 Å². The molecule has 1 atom stereocenters. The van der Waals surface area contributed by atoms with E-state index < -0.39 is 6.04 Å². The van der Waals surface area contributed by atoms with E-state index >= 15 is 0 Å². The third kappa shape index (κ3) is 3.37. The number of hydrogen-bond acceptors (Lipinski definition) is 4. The van der Waals surface area contributed by atoms with Crippen molar-refractivity contribution >= 4 is 23.1 Å². The molecule has 0 bridgehead atoms. The predicted molar refractivity (Wildman–Crippen MR) is 109 cm³/mol. The Balaban J connectivity index is 1.87. The van der Waals surface area contributed by atoms with Crippen molar-refractivity contribution in [1.82, 2.24) is 0 Å². The summed E-state index contributed by atoms with van der Waals surface area (Å²) in [6.45, 7) is 2.12. The minimum atomic E-state index is -0.525. The highest BCUT2D eigenvalue weighted by Gasteiger charge is 2.40. The highest BCUT2D eigenvalue weighted by Crippen LogP contribution is 2.45. The summed E-state index contributed by atoms with van der Waals surface area (Å²) in [7, 11) is 0. The number of nitrogens with one attached hydrogen (secondary N) is 1. The second-order valence-corrected chi connectivity index (χ2v) is 7.45. The van der Waals surface area contributed by atoms with Crippen molar-refractivity contribution in [3.63, 3.8) is 0 Å². The Hall–Kier alpha value is -2.82. The van der Waals surface area contributed by atoms with E-state index in [1.165, 1.54) is 0 Å². The second kappa shape index (κ2) is 8.05. The van der Waals surface area contributed by atoms with Crippen LogP contribution in [0.15, 0.2) is 58.3 Å². The maximum atomic E-state index is 13.4. The number of Topliss-reactive ketones (excluding diaryl/α,β-unsaturated/α-hetero) is 1. The number of fused-ring (bicyclic) bond motifs is 1. The number of para-hydroxylation sites is 2. The summed E-state index contributed by atoms with van der Waals surface area (Å²) in [6, 6.07) is 10.9. The Morgan fingerprint density at radius 1 is 1.18 bits per heavy atom. The number of unbranched alkanes of at least 4 members (excludes halogenated alkanes) is 2. The molecule has 1 aromatic heterocycles. The van der Waals surface area contributed by atoms with Gasteiger partial charge in [0, 0.05) is 24.1 Å². The lowest BCUT2D eigenvalue weighted by atomic mass is 9.88. The first-order valence-electron chi connectivity index (χ1n) is 10.2. The van der Waals surface area contributed by atoms with Crippen molar-refractivity contribution < 1.29 is 14.0 Å². The van der Waals surface area contributed by atoms with E-state index in [9.17, 15) is 9.59 Å². The van der Waals surface area contributed by atoms with Crippen molar-refractivity contribution in [3.8, 4) is 0 Å². The average molecular weight is 378 g/mol. The topological polar surface area (TPSA) is 62.6 Å². The largest absolute Gasteiger partial charge is 0.467 e. The number of anilines is 2. The van der Waals surface area contributed by atoms with Gasteiger partial charge in [-0.25, -0.2) is 0 Å². The van der Waals surface area contributed by atoms with Gasteiger partial charge in [0.05, 0.1) is 17.6 Å². The van der Waals surface area contributed by atoms with E-state index in [4.69, 9.17) is 4.42 Å². The molecule has 28 heavy (non-hydrogen) atoms.